The van der Waals surface area contributed by atoms with Crippen molar-refractivity contribution in [2.75, 3.05) is 26.4 Å². The minimum absolute atomic E-state index is 0.388. The molecule has 0 N–H and O–H groups in total. The van der Waals surface area contributed by atoms with E-state index in [2.05, 4.69) is 0 Å². The Balaban J connectivity index is 4.44. The van der Waals surface area contributed by atoms with Crippen LogP contribution >= 0.6 is 0 Å². The van der Waals surface area contributed by atoms with Crippen molar-refractivity contribution >= 4 is 9.05 Å². The molecule has 1 unspecified atom stereocenters. The van der Waals surface area contributed by atoms with Gasteiger partial charge in [-0.15, -0.1) is 0 Å². The van der Waals surface area contributed by atoms with E-state index in [1.165, 1.54) is 0 Å². The molecule has 0 fully saturated rings. The maximum Gasteiger partial charge on any atom is 0.681 e. The molecule has 0 spiro atoms. The van der Waals surface area contributed by atoms with Gasteiger partial charge in [0.05, 0.1) is 0 Å². The summed E-state index contributed by atoms with van der Waals surface area (Å²) in [6, 6.07) is 0. The first kappa shape index (κ1) is 16.0. The quantitative estimate of drug-likeness (QED) is 0.439. The Kier molecular flexibility index (Phi) is 9.10. The van der Waals surface area contributed by atoms with E-state index < -0.39 is 9.05 Å². The second-order valence-corrected chi connectivity index (χ2v) is 5.04. The van der Waals surface area contributed by atoms with Gasteiger partial charge in [0.2, 0.25) is 0 Å². The van der Waals surface area contributed by atoms with Crippen molar-refractivity contribution in [2.45, 2.75) is 40.9 Å². The van der Waals surface area contributed by atoms with Crippen molar-refractivity contribution < 1.29 is 22.4 Å². The zero-order valence-corrected chi connectivity index (χ0v) is 11.9. The van der Waals surface area contributed by atoms with Crippen LogP contribution in [0.3, 0.4) is 0 Å². The van der Waals surface area contributed by atoms with Gasteiger partial charge in [-0.1, -0.05) is 0 Å². The predicted molar refractivity (Wildman–Crippen MR) is 62.8 cm³/mol. The predicted octanol–water partition coefficient (Wildman–Crippen LogP) is 1.93. The van der Waals surface area contributed by atoms with Crippen LogP contribution in [0.15, 0.2) is 0 Å². The number of hydrogen-bond donors (Lipinski definition) is 0. The Morgan fingerprint density at radius 2 is 1.25 bits per heavy atom. The first-order chi connectivity index (χ1) is 7.64. The summed E-state index contributed by atoms with van der Waals surface area (Å²) in [6.07, 6.45) is -0.388. The lowest BCUT2D eigenvalue weighted by Gasteiger charge is -2.29. The van der Waals surface area contributed by atoms with Crippen LogP contribution in [-0.2, 0) is 22.4 Å². The van der Waals surface area contributed by atoms with Crippen LogP contribution in [0.2, 0.25) is 0 Å². The van der Waals surface area contributed by atoms with Crippen LogP contribution in [0.1, 0.15) is 34.6 Å². The molecule has 1 atom stereocenters. The molecule has 0 bridgehead atoms. The first-order valence-electron chi connectivity index (χ1n) is 5.85. The summed E-state index contributed by atoms with van der Waals surface area (Å²) in [5.41, 5.74) is 0. The summed E-state index contributed by atoms with van der Waals surface area (Å²) in [5, 5.41) is 0. The second-order valence-electron chi connectivity index (χ2n) is 2.94. The molecule has 0 radical (unpaired) electrons. The SMILES string of the molecule is CCOC(C)O[Si](OCC)(OCC)OCC. The fourth-order valence-electron chi connectivity index (χ4n) is 1.23. The second kappa shape index (κ2) is 9.09. The van der Waals surface area contributed by atoms with E-state index >= 15 is 0 Å². The minimum Gasteiger partial charge on any atom is -0.354 e. The topological polar surface area (TPSA) is 46.2 Å². The number of hydrogen-bond acceptors (Lipinski definition) is 5. The molecule has 0 aromatic rings. The first-order valence-corrected chi connectivity index (χ1v) is 7.48. The summed E-state index contributed by atoms with van der Waals surface area (Å²) >= 11 is 0. The van der Waals surface area contributed by atoms with Gasteiger partial charge in [0.1, 0.15) is 0 Å². The van der Waals surface area contributed by atoms with Gasteiger partial charge >= 0.3 is 9.05 Å². The van der Waals surface area contributed by atoms with Crippen molar-refractivity contribution in [1.82, 2.24) is 0 Å². The molecule has 0 amide bonds. The van der Waals surface area contributed by atoms with Gasteiger partial charge in [-0.2, -0.15) is 0 Å². The van der Waals surface area contributed by atoms with Crippen molar-refractivity contribution in [2.24, 2.45) is 0 Å². The van der Waals surface area contributed by atoms with Gasteiger partial charge in [-0.25, -0.2) is 0 Å². The molecule has 0 heterocycles. The van der Waals surface area contributed by atoms with Crippen LogP contribution in [0.25, 0.3) is 0 Å². The zero-order chi connectivity index (χ0) is 12.4. The van der Waals surface area contributed by atoms with Crippen LogP contribution in [0, 0.1) is 0 Å². The van der Waals surface area contributed by atoms with E-state index in [9.17, 15) is 0 Å². The minimum atomic E-state index is -3.02. The van der Waals surface area contributed by atoms with Gasteiger partial charge in [-0.3, -0.25) is 0 Å². The molecule has 6 heteroatoms. The average molecular weight is 252 g/mol. The highest BCUT2D eigenvalue weighted by Crippen LogP contribution is 2.15. The molecule has 5 nitrogen and oxygen atoms in total. The molecule has 0 aromatic heterocycles. The summed E-state index contributed by atoms with van der Waals surface area (Å²) in [5.74, 6) is 0. The van der Waals surface area contributed by atoms with Crippen molar-refractivity contribution in [3.05, 3.63) is 0 Å². The Bertz CT molecular complexity index is 150. The van der Waals surface area contributed by atoms with E-state index in [4.69, 9.17) is 22.4 Å². The molecule has 16 heavy (non-hydrogen) atoms. The van der Waals surface area contributed by atoms with E-state index in [0.717, 1.165) is 0 Å². The van der Waals surface area contributed by atoms with Gasteiger partial charge < -0.3 is 22.4 Å². The maximum atomic E-state index is 5.65. The summed E-state index contributed by atoms with van der Waals surface area (Å²) in [4.78, 5) is 0. The molecular formula is C10H24O5Si. The molecule has 0 saturated carbocycles. The van der Waals surface area contributed by atoms with Gasteiger partial charge in [0.15, 0.2) is 6.29 Å². The fourth-order valence-corrected chi connectivity index (χ4v) is 3.22. The van der Waals surface area contributed by atoms with Crippen LogP contribution in [-0.4, -0.2) is 41.8 Å². The van der Waals surface area contributed by atoms with Gasteiger partial charge in [0.25, 0.3) is 0 Å². The Labute approximate surface area is 99.5 Å². The van der Waals surface area contributed by atoms with Gasteiger partial charge in [0, 0.05) is 26.4 Å². The van der Waals surface area contributed by atoms with E-state index in [1.54, 1.807) is 0 Å². The average Bonchev–Trinajstić information content (AvgIpc) is 2.18. The number of rotatable bonds is 10. The lowest BCUT2D eigenvalue weighted by molar-refractivity contribution is -0.137. The largest absolute Gasteiger partial charge is 0.681 e. The highest BCUT2D eigenvalue weighted by atomic mass is 28.4. The summed E-state index contributed by atoms with van der Waals surface area (Å²) in [7, 11) is -3.02. The molecule has 0 aliphatic heterocycles. The number of ether oxygens (including phenoxy) is 1. The van der Waals surface area contributed by atoms with Crippen molar-refractivity contribution in [1.29, 1.82) is 0 Å². The van der Waals surface area contributed by atoms with Crippen LogP contribution in [0.5, 0.6) is 0 Å². The molecular weight excluding hydrogens is 228 g/mol. The molecule has 98 valence electrons. The van der Waals surface area contributed by atoms with Gasteiger partial charge in [-0.05, 0) is 34.6 Å². The Morgan fingerprint density at radius 3 is 1.56 bits per heavy atom. The Hall–Kier alpha value is 0.0169. The molecule has 0 aliphatic carbocycles. The van der Waals surface area contributed by atoms with E-state index in [1.807, 2.05) is 34.6 Å². The zero-order valence-electron chi connectivity index (χ0n) is 10.9. The molecule has 0 rings (SSSR count). The maximum absolute atomic E-state index is 5.65. The van der Waals surface area contributed by atoms with E-state index in [0.29, 0.717) is 26.4 Å². The van der Waals surface area contributed by atoms with Crippen molar-refractivity contribution in [3.63, 3.8) is 0 Å². The summed E-state index contributed by atoms with van der Waals surface area (Å²) in [6.45, 7) is 11.4. The van der Waals surface area contributed by atoms with Crippen LogP contribution in [0.4, 0.5) is 0 Å². The smallest absolute Gasteiger partial charge is 0.354 e. The lowest BCUT2D eigenvalue weighted by Crippen LogP contribution is -2.51. The monoisotopic (exact) mass is 252 g/mol. The third-order valence-electron chi connectivity index (χ3n) is 1.68. The highest BCUT2D eigenvalue weighted by Gasteiger charge is 2.46. The molecule has 0 aliphatic rings. The molecule has 0 saturated heterocycles. The normalized spacial score (nSPS) is 14.1. The Morgan fingerprint density at radius 1 is 0.812 bits per heavy atom. The third-order valence-corrected chi connectivity index (χ3v) is 4.22. The lowest BCUT2D eigenvalue weighted by atomic mass is 10.7. The third kappa shape index (κ3) is 5.93. The van der Waals surface area contributed by atoms with Crippen LogP contribution < -0.4 is 0 Å². The molecule has 0 aromatic carbocycles. The highest BCUT2D eigenvalue weighted by molar-refractivity contribution is 6.53. The fraction of sp³-hybridized carbons (Fsp3) is 1.00. The summed E-state index contributed by atoms with van der Waals surface area (Å²) < 4.78 is 27.5. The van der Waals surface area contributed by atoms with Crippen molar-refractivity contribution in [3.8, 4) is 0 Å². The standard InChI is InChI=1S/C10H24O5Si/c1-6-11-10(5)15-16(12-7-2,13-8-3)14-9-4/h10H,6-9H2,1-5H3. The van der Waals surface area contributed by atoms with E-state index in [-0.39, 0.29) is 6.29 Å².